The van der Waals surface area contributed by atoms with Crippen LogP contribution in [0.15, 0.2) is 30.3 Å². The minimum atomic E-state index is -0.118. The topological polar surface area (TPSA) is 69.8 Å². The first kappa shape index (κ1) is 14.1. The van der Waals surface area contributed by atoms with E-state index in [1.54, 1.807) is 12.1 Å². The Morgan fingerprint density at radius 2 is 2.05 bits per heavy atom. The molecule has 1 aliphatic rings. The maximum Gasteiger partial charge on any atom is 0.269 e. The molecular weight excluding hydrogens is 288 g/mol. The quantitative estimate of drug-likeness (QED) is 0.814. The molecule has 0 spiro atoms. The van der Waals surface area contributed by atoms with E-state index in [9.17, 15) is 4.79 Å². The Balaban J connectivity index is 1.72. The van der Waals surface area contributed by atoms with Gasteiger partial charge >= 0.3 is 0 Å². The fraction of sp³-hybridized carbons (Fsp3) is 0.333. The normalized spacial score (nSPS) is 15.9. The Labute approximate surface area is 128 Å². The van der Waals surface area contributed by atoms with E-state index >= 15 is 0 Å². The van der Waals surface area contributed by atoms with Crippen LogP contribution in [-0.2, 0) is 0 Å². The van der Waals surface area contributed by atoms with Gasteiger partial charge in [0.25, 0.3) is 5.91 Å². The first-order chi connectivity index (χ1) is 10.2. The lowest BCUT2D eigenvalue weighted by Gasteiger charge is -2.23. The second-order valence-corrected chi connectivity index (χ2v) is 5.55. The summed E-state index contributed by atoms with van der Waals surface area (Å²) in [4.78, 5) is 12.2. The molecule has 21 heavy (non-hydrogen) atoms. The Kier molecular flexibility index (Phi) is 4.22. The number of rotatable bonds is 3. The number of aromatic nitrogens is 2. The fourth-order valence-corrected chi connectivity index (χ4v) is 2.71. The summed E-state index contributed by atoms with van der Waals surface area (Å²) < 4.78 is 0. The Morgan fingerprint density at radius 1 is 1.29 bits per heavy atom. The number of halogens is 1. The van der Waals surface area contributed by atoms with Crippen molar-refractivity contribution in [3.05, 3.63) is 41.0 Å². The maximum absolute atomic E-state index is 12.2. The van der Waals surface area contributed by atoms with Crippen molar-refractivity contribution in [1.82, 2.24) is 20.8 Å². The molecule has 3 rings (SSSR count). The highest BCUT2D eigenvalue weighted by Crippen LogP contribution is 2.26. The number of nitrogens with zero attached hydrogens (tertiary/aromatic N) is 1. The Morgan fingerprint density at radius 3 is 2.81 bits per heavy atom. The van der Waals surface area contributed by atoms with Gasteiger partial charge in [-0.05, 0) is 38.1 Å². The summed E-state index contributed by atoms with van der Waals surface area (Å²) in [5, 5.41) is 13.9. The first-order valence-electron chi connectivity index (χ1n) is 7.06. The first-order valence-corrected chi connectivity index (χ1v) is 7.44. The number of hydrogen-bond acceptors (Lipinski definition) is 3. The molecule has 1 saturated heterocycles. The van der Waals surface area contributed by atoms with Gasteiger partial charge < -0.3 is 10.6 Å². The van der Waals surface area contributed by atoms with Gasteiger partial charge in [0.1, 0.15) is 5.69 Å². The van der Waals surface area contributed by atoms with Gasteiger partial charge in [-0.2, -0.15) is 5.10 Å². The monoisotopic (exact) mass is 304 g/mol. The molecule has 5 nitrogen and oxygen atoms in total. The number of nitrogens with one attached hydrogen (secondary N) is 3. The van der Waals surface area contributed by atoms with Gasteiger partial charge in [0.15, 0.2) is 0 Å². The van der Waals surface area contributed by atoms with Crippen molar-refractivity contribution in [2.45, 2.75) is 18.9 Å². The zero-order valence-corrected chi connectivity index (χ0v) is 12.3. The zero-order chi connectivity index (χ0) is 14.7. The van der Waals surface area contributed by atoms with Crippen molar-refractivity contribution in [3.63, 3.8) is 0 Å². The average molecular weight is 305 g/mol. The number of H-pyrrole nitrogens is 1. The lowest BCUT2D eigenvalue weighted by atomic mass is 10.1. The summed E-state index contributed by atoms with van der Waals surface area (Å²) in [5.41, 5.74) is 1.95. The van der Waals surface area contributed by atoms with E-state index in [1.165, 1.54) is 0 Å². The third kappa shape index (κ3) is 3.25. The SMILES string of the molecule is O=C(NC1CCNCC1)c1cc(-c2ccccc2Cl)n[nH]1. The third-order valence-corrected chi connectivity index (χ3v) is 3.98. The summed E-state index contributed by atoms with van der Waals surface area (Å²) in [5.74, 6) is -0.118. The Bertz CT molecular complexity index is 634. The molecule has 0 saturated carbocycles. The molecule has 1 amide bonds. The van der Waals surface area contributed by atoms with Crippen molar-refractivity contribution >= 4 is 17.5 Å². The molecule has 0 aliphatic carbocycles. The van der Waals surface area contributed by atoms with E-state index in [0.717, 1.165) is 31.5 Å². The predicted molar refractivity (Wildman–Crippen MR) is 82.4 cm³/mol. The van der Waals surface area contributed by atoms with Crippen molar-refractivity contribution in [3.8, 4) is 11.3 Å². The lowest BCUT2D eigenvalue weighted by Crippen LogP contribution is -2.42. The van der Waals surface area contributed by atoms with E-state index in [4.69, 9.17) is 11.6 Å². The number of benzene rings is 1. The minimum absolute atomic E-state index is 0.118. The van der Waals surface area contributed by atoms with Crippen LogP contribution in [0.1, 0.15) is 23.3 Å². The highest BCUT2D eigenvalue weighted by molar-refractivity contribution is 6.33. The van der Waals surface area contributed by atoms with Crippen LogP contribution in [0.25, 0.3) is 11.3 Å². The van der Waals surface area contributed by atoms with Crippen LogP contribution in [0.5, 0.6) is 0 Å². The van der Waals surface area contributed by atoms with Gasteiger partial charge in [-0.25, -0.2) is 0 Å². The highest BCUT2D eigenvalue weighted by Gasteiger charge is 2.18. The van der Waals surface area contributed by atoms with Crippen LogP contribution in [0.2, 0.25) is 5.02 Å². The minimum Gasteiger partial charge on any atom is -0.348 e. The molecule has 1 aliphatic heterocycles. The van der Waals surface area contributed by atoms with Crippen molar-refractivity contribution in [2.75, 3.05) is 13.1 Å². The van der Waals surface area contributed by atoms with Gasteiger partial charge in [-0.3, -0.25) is 9.89 Å². The molecule has 110 valence electrons. The van der Waals surface area contributed by atoms with Gasteiger partial charge in [0, 0.05) is 11.6 Å². The number of carbonyl (C=O) groups is 1. The van der Waals surface area contributed by atoms with Crippen LogP contribution < -0.4 is 10.6 Å². The summed E-state index contributed by atoms with van der Waals surface area (Å²) in [6.45, 7) is 1.89. The molecule has 1 aromatic heterocycles. The summed E-state index contributed by atoms with van der Waals surface area (Å²) in [6, 6.07) is 9.41. The van der Waals surface area contributed by atoms with E-state index in [0.29, 0.717) is 16.4 Å². The molecule has 6 heteroatoms. The Hall–Kier alpha value is -1.85. The van der Waals surface area contributed by atoms with Crippen LogP contribution in [0, 0.1) is 0 Å². The molecule has 0 bridgehead atoms. The molecule has 2 aromatic rings. The van der Waals surface area contributed by atoms with Gasteiger partial charge in [0.2, 0.25) is 0 Å². The number of aromatic amines is 1. The van der Waals surface area contributed by atoms with E-state index < -0.39 is 0 Å². The van der Waals surface area contributed by atoms with Crippen LogP contribution in [0.3, 0.4) is 0 Å². The second kappa shape index (κ2) is 6.28. The molecule has 0 radical (unpaired) electrons. The molecule has 1 fully saturated rings. The van der Waals surface area contributed by atoms with E-state index in [1.807, 2.05) is 18.2 Å². The van der Waals surface area contributed by atoms with Crippen molar-refractivity contribution in [1.29, 1.82) is 0 Å². The van der Waals surface area contributed by atoms with Gasteiger partial charge in [-0.1, -0.05) is 29.8 Å². The van der Waals surface area contributed by atoms with Crippen LogP contribution in [-0.4, -0.2) is 35.2 Å². The number of amides is 1. The summed E-state index contributed by atoms with van der Waals surface area (Å²) in [7, 11) is 0. The summed E-state index contributed by atoms with van der Waals surface area (Å²) in [6.07, 6.45) is 1.91. The van der Waals surface area contributed by atoms with Crippen LogP contribution >= 0.6 is 11.6 Å². The molecule has 0 atom stereocenters. The lowest BCUT2D eigenvalue weighted by molar-refractivity contribution is 0.0924. The molecule has 0 unspecified atom stereocenters. The second-order valence-electron chi connectivity index (χ2n) is 5.14. The molecular formula is C15H17ClN4O. The fourth-order valence-electron chi connectivity index (χ4n) is 2.47. The summed E-state index contributed by atoms with van der Waals surface area (Å²) >= 11 is 6.14. The van der Waals surface area contributed by atoms with Crippen molar-refractivity contribution in [2.24, 2.45) is 0 Å². The molecule has 1 aromatic carbocycles. The number of piperidine rings is 1. The standard InChI is InChI=1S/C15H17ClN4O/c16-12-4-2-1-3-11(12)13-9-14(20-19-13)15(21)18-10-5-7-17-8-6-10/h1-4,9-10,17H,5-8H2,(H,18,21)(H,19,20). The average Bonchev–Trinajstić information content (AvgIpc) is 2.98. The molecule has 3 N–H and O–H groups in total. The zero-order valence-electron chi connectivity index (χ0n) is 11.5. The molecule has 2 heterocycles. The highest BCUT2D eigenvalue weighted by atomic mass is 35.5. The largest absolute Gasteiger partial charge is 0.348 e. The maximum atomic E-state index is 12.2. The van der Waals surface area contributed by atoms with Gasteiger partial charge in [0.05, 0.1) is 10.7 Å². The van der Waals surface area contributed by atoms with Crippen molar-refractivity contribution < 1.29 is 4.79 Å². The van der Waals surface area contributed by atoms with Gasteiger partial charge in [-0.15, -0.1) is 0 Å². The smallest absolute Gasteiger partial charge is 0.269 e. The third-order valence-electron chi connectivity index (χ3n) is 3.65. The van der Waals surface area contributed by atoms with Crippen LogP contribution in [0.4, 0.5) is 0 Å². The number of hydrogen-bond donors (Lipinski definition) is 3. The predicted octanol–water partition coefficient (Wildman–Crippen LogP) is 2.21. The van der Waals surface area contributed by atoms with E-state index in [-0.39, 0.29) is 11.9 Å². The number of carbonyl (C=O) groups excluding carboxylic acids is 1. The van der Waals surface area contributed by atoms with E-state index in [2.05, 4.69) is 20.8 Å².